The van der Waals surface area contributed by atoms with Gasteiger partial charge < -0.3 is 9.52 Å². The minimum absolute atomic E-state index is 0.0543. The van der Waals surface area contributed by atoms with Crippen LogP contribution in [0.2, 0.25) is 0 Å². The van der Waals surface area contributed by atoms with Gasteiger partial charge in [0.1, 0.15) is 0 Å². The van der Waals surface area contributed by atoms with Crippen LogP contribution in [0.4, 0.5) is 0 Å². The minimum Gasteiger partial charge on any atom is -0.492 e. The molecule has 6 nitrogen and oxygen atoms in total. The highest BCUT2D eigenvalue weighted by molar-refractivity contribution is 9.10. The fourth-order valence-corrected chi connectivity index (χ4v) is 6.36. The first-order chi connectivity index (χ1) is 17.2. The Morgan fingerprint density at radius 1 is 1.03 bits per heavy atom. The lowest BCUT2D eigenvalue weighted by Crippen LogP contribution is -2.37. The molecular formula is C27H25BrN4O2S. The number of halogens is 1. The molecule has 1 fully saturated rings. The van der Waals surface area contributed by atoms with Crippen LogP contribution in [-0.4, -0.2) is 37.7 Å². The molecule has 1 aliphatic heterocycles. The molecule has 0 amide bonds. The van der Waals surface area contributed by atoms with Crippen molar-refractivity contribution in [1.82, 2.24) is 19.5 Å². The van der Waals surface area contributed by atoms with Crippen molar-refractivity contribution in [3.05, 3.63) is 93.5 Å². The number of piperidine rings is 1. The Labute approximate surface area is 216 Å². The Balaban J connectivity index is 1.29. The molecule has 0 aliphatic carbocycles. The van der Waals surface area contributed by atoms with E-state index in [0.717, 1.165) is 47.3 Å². The van der Waals surface area contributed by atoms with Gasteiger partial charge in [-0.25, -0.2) is 0 Å². The predicted molar refractivity (Wildman–Crippen MR) is 141 cm³/mol. The minimum atomic E-state index is -0.0543. The van der Waals surface area contributed by atoms with Gasteiger partial charge in [0.15, 0.2) is 5.76 Å². The molecule has 0 bridgehead atoms. The summed E-state index contributed by atoms with van der Waals surface area (Å²) in [5.74, 6) is 1.89. The van der Waals surface area contributed by atoms with Crippen LogP contribution in [0.5, 0.6) is 5.88 Å². The van der Waals surface area contributed by atoms with Crippen molar-refractivity contribution in [1.29, 1.82) is 0 Å². The maximum atomic E-state index is 11.3. The lowest BCUT2D eigenvalue weighted by molar-refractivity contribution is 0.150. The van der Waals surface area contributed by atoms with Crippen molar-refractivity contribution in [2.45, 2.75) is 25.3 Å². The first-order valence-electron chi connectivity index (χ1n) is 11.8. The number of nitrogens with zero attached hydrogens (tertiary/aromatic N) is 4. The van der Waals surface area contributed by atoms with Gasteiger partial charge in [0.05, 0.1) is 17.2 Å². The smallest absolute Gasteiger partial charge is 0.230 e. The number of benzene rings is 2. The van der Waals surface area contributed by atoms with Crippen LogP contribution in [0.15, 0.2) is 81.9 Å². The SMILES string of the molecule is Oc1c([C@H](c2ccc(Br)cc2)N2CCC(Cc3ccccc3)CC2)sc2nc(-c3ccco3)nn12. The lowest BCUT2D eigenvalue weighted by Gasteiger charge is -2.37. The van der Waals surface area contributed by atoms with E-state index in [-0.39, 0.29) is 11.9 Å². The van der Waals surface area contributed by atoms with Gasteiger partial charge in [-0.15, -0.1) is 5.10 Å². The van der Waals surface area contributed by atoms with Crippen molar-refractivity contribution in [3.8, 4) is 17.5 Å². The monoisotopic (exact) mass is 548 g/mol. The van der Waals surface area contributed by atoms with Gasteiger partial charge in [-0.05, 0) is 73.7 Å². The molecule has 0 unspecified atom stereocenters. The van der Waals surface area contributed by atoms with E-state index >= 15 is 0 Å². The fraction of sp³-hybridized carbons (Fsp3) is 0.259. The average Bonchev–Trinajstić information content (AvgIpc) is 3.61. The van der Waals surface area contributed by atoms with Crippen LogP contribution in [-0.2, 0) is 6.42 Å². The third kappa shape index (κ3) is 4.53. The second kappa shape index (κ2) is 9.60. The number of furan rings is 1. The first kappa shape index (κ1) is 22.5. The van der Waals surface area contributed by atoms with Gasteiger partial charge in [-0.1, -0.05) is 69.7 Å². The zero-order chi connectivity index (χ0) is 23.8. The number of likely N-dealkylation sites (tertiary alicyclic amines) is 1. The third-order valence-corrected chi connectivity index (χ3v) is 8.36. The van der Waals surface area contributed by atoms with Crippen molar-refractivity contribution >= 4 is 32.2 Å². The van der Waals surface area contributed by atoms with Crippen LogP contribution in [0, 0.1) is 5.92 Å². The molecule has 5 aromatic rings. The van der Waals surface area contributed by atoms with E-state index in [0.29, 0.717) is 22.5 Å². The molecule has 35 heavy (non-hydrogen) atoms. The van der Waals surface area contributed by atoms with Gasteiger partial charge in [-0.2, -0.15) is 9.50 Å². The number of thiazole rings is 1. The summed E-state index contributed by atoms with van der Waals surface area (Å²) >= 11 is 5.05. The lowest BCUT2D eigenvalue weighted by atomic mass is 9.89. The van der Waals surface area contributed by atoms with Crippen molar-refractivity contribution < 1.29 is 9.52 Å². The van der Waals surface area contributed by atoms with Crippen molar-refractivity contribution in [2.24, 2.45) is 5.92 Å². The first-order valence-corrected chi connectivity index (χ1v) is 13.4. The van der Waals surface area contributed by atoms with Gasteiger partial charge in [-0.3, -0.25) is 4.90 Å². The summed E-state index contributed by atoms with van der Waals surface area (Å²) in [6, 6.07) is 22.7. The molecule has 6 rings (SSSR count). The van der Waals surface area contributed by atoms with Crippen LogP contribution < -0.4 is 0 Å². The maximum absolute atomic E-state index is 11.3. The number of hydrogen-bond acceptors (Lipinski definition) is 6. The molecule has 0 radical (unpaired) electrons. The topological polar surface area (TPSA) is 66.8 Å². The third-order valence-electron chi connectivity index (χ3n) is 6.76. The highest BCUT2D eigenvalue weighted by atomic mass is 79.9. The van der Waals surface area contributed by atoms with Gasteiger partial charge in [0.25, 0.3) is 0 Å². The van der Waals surface area contributed by atoms with Gasteiger partial charge in [0, 0.05) is 4.47 Å². The summed E-state index contributed by atoms with van der Waals surface area (Å²) in [5, 5.41) is 15.8. The molecular weight excluding hydrogens is 524 g/mol. The van der Waals surface area contributed by atoms with Crippen molar-refractivity contribution in [2.75, 3.05) is 13.1 Å². The zero-order valence-corrected chi connectivity index (χ0v) is 21.5. The molecule has 4 heterocycles. The Hall–Kier alpha value is -2.94. The molecule has 1 atom stereocenters. The summed E-state index contributed by atoms with van der Waals surface area (Å²) in [5.41, 5.74) is 2.56. The Bertz CT molecular complexity index is 1410. The molecule has 0 saturated carbocycles. The van der Waals surface area contributed by atoms with Crippen LogP contribution in [0.1, 0.15) is 34.9 Å². The normalized spacial score (nSPS) is 16.1. The summed E-state index contributed by atoms with van der Waals surface area (Å²) in [4.78, 5) is 8.64. The van der Waals surface area contributed by atoms with Crippen molar-refractivity contribution in [3.63, 3.8) is 0 Å². The molecule has 2 aromatic carbocycles. The van der Waals surface area contributed by atoms with E-state index in [1.807, 2.05) is 6.07 Å². The largest absolute Gasteiger partial charge is 0.492 e. The molecule has 0 spiro atoms. The van der Waals surface area contributed by atoms with E-state index < -0.39 is 0 Å². The fourth-order valence-electron chi connectivity index (χ4n) is 4.97. The zero-order valence-electron chi connectivity index (χ0n) is 19.0. The number of aromatic nitrogens is 3. The van der Waals surface area contributed by atoms with E-state index in [9.17, 15) is 5.11 Å². The van der Waals surface area contributed by atoms with E-state index in [1.165, 1.54) is 21.4 Å². The predicted octanol–water partition coefficient (Wildman–Crippen LogP) is 6.56. The summed E-state index contributed by atoms with van der Waals surface area (Å²) in [6.07, 6.45) is 4.98. The Kier molecular flexibility index (Phi) is 6.18. The number of rotatable bonds is 6. The quantitative estimate of drug-likeness (QED) is 0.260. The van der Waals surface area contributed by atoms with Crippen LogP contribution >= 0.6 is 27.3 Å². The highest BCUT2D eigenvalue weighted by Crippen LogP contribution is 2.42. The number of hydrogen-bond donors (Lipinski definition) is 1. The molecule has 1 aliphatic rings. The van der Waals surface area contributed by atoms with E-state index in [2.05, 4.69) is 85.5 Å². The molecule has 8 heteroatoms. The maximum Gasteiger partial charge on any atom is 0.230 e. The second-order valence-electron chi connectivity index (χ2n) is 9.02. The summed E-state index contributed by atoms with van der Waals surface area (Å²) in [6.45, 7) is 1.95. The molecule has 1 saturated heterocycles. The number of aromatic hydroxyl groups is 1. The standard InChI is InChI=1S/C27H25BrN4O2S/c28-21-10-8-20(9-11-21)23(31-14-12-19(13-15-31)17-18-5-2-1-3-6-18)24-26(33)32-27(35-24)29-25(30-32)22-7-4-16-34-22/h1-11,16,19,23,33H,12-15,17H2/t23-/m0/s1. The number of fused-ring (bicyclic) bond motifs is 1. The van der Waals surface area contributed by atoms with E-state index in [4.69, 9.17) is 4.42 Å². The average molecular weight is 549 g/mol. The van der Waals surface area contributed by atoms with Gasteiger partial charge in [0.2, 0.25) is 16.7 Å². The summed E-state index contributed by atoms with van der Waals surface area (Å²) in [7, 11) is 0. The molecule has 178 valence electrons. The van der Waals surface area contributed by atoms with Crippen LogP contribution in [0.25, 0.3) is 16.5 Å². The Morgan fingerprint density at radius 3 is 2.49 bits per heavy atom. The highest BCUT2D eigenvalue weighted by Gasteiger charge is 2.32. The summed E-state index contributed by atoms with van der Waals surface area (Å²) < 4.78 is 8.01. The second-order valence-corrected chi connectivity index (χ2v) is 10.9. The van der Waals surface area contributed by atoms with Gasteiger partial charge >= 0.3 is 0 Å². The molecule has 1 N–H and O–H groups in total. The molecule has 3 aromatic heterocycles. The van der Waals surface area contributed by atoms with Crippen LogP contribution in [0.3, 0.4) is 0 Å². The Morgan fingerprint density at radius 2 is 1.80 bits per heavy atom. The van der Waals surface area contributed by atoms with E-state index in [1.54, 1.807) is 12.3 Å².